The van der Waals surface area contributed by atoms with Gasteiger partial charge in [0.15, 0.2) is 5.82 Å². The van der Waals surface area contributed by atoms with Crippen molar-refractivity contribution < 1.29 is 8.42 Å². The molecule has 2 aliphatic heterocycles. The van der Waals surface area contributed by atoms with E-state index in [1.54, 1.807) is 13.3 Å². The van der Waals surface area contributed by atoms with Crippen molar-refractivity contribution in [1.82, 2.24) is 28.4 Å². The van der Waals surface area contributed by atoms with Crippen LogP contribution in [-0.4, -0.2) is 76.0 Å². The van der Waals surface area contributed by atoms with Gasteiger partial charge >= 0.3 is 0 Å². The van der Waals surface area contributed by atoms with Crippen LogP contribution in [0.4, 0.5) is 5.82 Å². The Balaban J connectivity index is 1.47. The Bertz CT molecular complexity index is 913. The Kier molecular flexibility index (Phi) is 4.87. The van der Waals surface area contributed by atoms with Gasteiger partial charge in [-0.2, -0.15) is 22.1 Å². The summed E-state index contributed by atoms with van der Waals surface area (Å²) in [6.45, 7) is 7.38. The van der Waals surface area contributed by atoms with E-state index in [9.17, 15) is 8.42 Å². The number of aryl methyl sites for hydroxylation is 2. The maximum Gasteiger partial charge on any atom is 0.282 e. The first-order chi connectivity index (χ1) is 12.9. The van der Waals surface area contributed by atoms with E-state index in [4.69, 9.17) is 0 Å². The van der Waals surface area contributed by atoms with Crippen molar-refractivity contribution >= 4 is 16.0 Å². The van der Waals surface area contributed by atoms with Crippen LogP contribution < -0.4 is 4.90 Å². The topological polar surface area (TPSA) is 87.5 Å². The molecule has 0 N–H and O–H groups in total. The summed E-state index contributed by atoms with van der Waals surface area (Å²) in [6, 6.07) is 3.91. The second-order valence-corrected chi connectivity index (χ2v) is 9.00. The quantitative estimate of drug-likeness (QED) is 0.764. The van der Waals surface area contributed by atoms with E-state index in [2.05, 4.69) is 20.0 Å². The predicted octanol–water partition coefficient (Wildman–Crippen LogP) is 0.742. The molecule has 2 fully saturated rings. The third-order valence-corrected chi connectivity index (χ3v) is 7.18. The van der Waals surface area contributed by atoms with Gasteiger partial charge in [0.05, 0.1) is 5.69 Å². The van der Waals surface area contributed by atoms with E-state index >= 15 is 0 Å². The van der Waals surface area contributed by atoms with Crippen molar-refractivity contribution in [3.63, 3.8) is 0 Å². The number of anilines is 1. The summed E-state index contributed by atoms with van der Waals surface area (Å²) >= 11 is 0. The van der Waals surface area contributed by atoms with Gasteiger partial charge < -0.3 is 4.90 Å². The number of rotatable bonds is 4. The summed E-state index contributed by atoms with van der Waals surface area (Å²) in [6.07, 6.45) is 3.44. The molecular weight excluding hydrogens is 366 g/mol. The standard InChI is InChI=1S/C17H25N7O2S/c1-14-11-15(2)24(20-14)17-12-16(18-13-19-17)21-7-9-23(10-8-21)27(25,26)22-5-3-4-6-22/h11-13H,3-10H2,1-2H3. The molecule has 0 unspecified atom stereocenters. The lowest BCUT2D eigenvalue weighted by Crippen LogP contribution is -2.52. The van der Waals surface area contributed by atoms with E-state index in [1.807, 2.05) is 26.0 Å². The zero-order chi connectivity index (χ0) is 19.0. The second kappa shape index (κ2) is 7.17. The van der Waals surface area contributed by atoms with Crippen LogP contribution in [0, 0.1) is 13.8 Å². The molecule has 0 bridgehead atoms. The highest BCUT2D eigenvalue weighted by atomic mass is 32.2. The molecule has 27 heavy (non-hydrogen) atoms. The minimum absolute atomic E-state index is 0.470. The summed E-state index contributed by atoms with van der Waals surface area (Å²) in [5, 5.41) is 4.47. The van der Waals surface area contributed by atoms with Gasteiger partial charge in [0.1, 0.15) is 12.1 Å². The Morgan fingerprint density at radius 3 is 2.11 bits per heavy atom. The zero-order valence-electron chi connectivity index (χ0n) is 15.7. The van der Waals surface area contributed by atoms with Crippen molar-refractivity contribution in [3.05, 3.63) is 29.8 Å². The molecule has 2 saturated heterocycles. The van der Waals surface area contributed by atoms with E-state index in [1.165, 1.54) is 6.33 Å². The van der Waals surface area contributed by atoms with E-state index in [-0.39, 0.29) is 0 Å². The number of hydrogen-bond acceptors (Lipinski definition) is 6. The number of aromatic nitrogens is 4. The monoisotopic (exact) mass is 391 g/mol. The lowest BCUT2D eigenvalue weighted by Gasteiger charge is -2.36. The van der Waals surface area contributed by atoms with Crippen LogP contribution in [0.15, 0.2) is 18.5 Å². The molecule has 2 aliphatic rings. The molecule has 0 amide bonds. The largest absolute Gasteiger partial charge is 0.354 e. The van der Waals surface area contributed by atoms with Gasteiger partial charge in [0.25, 0.3) is 10.2 Å². The number of hydrogen-bond donors (Lipinski definition) is 0. The Morgan fingerprint density at radius 1 is 0.852 bits per heavy atom. The summed E-state index contributed by atoms with van der Waals surface area (Å²) in [5.74, 6) is 1.52. The highest BCUT2D eigenvalue weighted by Gasteiger charge is 2.34. The fourth-order valence-corrected chi connectivity index (χ4v) is 5.39. The molecule has 4 rings (SSSR count). The smallest absolute Gasteiger partial charge is 0.282 e. The molecule has 10 heteroatoms. The molecule has 9 nitrogen and oxygen atoms in total. The highest BCUT2D eigenvalue weighted by molar-refractivity contribution is 7.86. The average Bonchev–Trinajstić information content (AvgIpc) is 3.32. The molecule has 0 spiro atoms. The minimum atomic E-state index is -3.33. The SMILES string of the molecule is Cc1cc(C)n(-c2cc(N3CCN(S(=O)(=O)N4CCCC4)CC3)ncn2)n1. The van der Waals surface area contributed by atoms with Crippen molar-refractivity contribution in [2.75, 3.05) is 44.2 Å². The van der Waals surface area contributed by atoms with Crippen LogP contribution in [0.2, 0.25) is 0 Å². The van der Waals surface area contributed by atoms with Crippen LogP contribution >= 0.6 is 0 Å². The maximum atomic E-state index is 12.7. The van der Waals surface area contributed by atoms with Crippen molar-refractivity contribution in [1.29, 1.82) is 0 Å². The van der Waals surface area contributed by atoms with Gasteiger partial charge in [-0.3, -0.25) is 0 Å². The zero-order valence-corrected chi connectivity index (χ0v) is 16.6. The molecule has 0 atom stereocenters. The lowest BCUT2D eigenvalue weighted by molar-refractivity contribution is 0.343. The molecule has 0 radical (unpaired) electrons. The molecule has 146 valence electrons. The molecule has 4 heterocycles. The normalized spacial score (nSPS) is 19.7. The van der Waals surface area contributed by atoms with Gasteiger partial charge in [-0.1, -0.05) is 0 Å². The fourth-order valence-electron chi connectivity index (χ4n) is 3.72. The van der Waals surface area contributed by atoms with Crippen molar-refractivity contribution in [2.24, 2.45) is 0 Å². The van der Waals surface area contributed by atoms with Gasteiger partial charge in [0.2, 0.25) is 0 Å². The average molecular weight is 392 g/mol. The minimum Gasteiger partial charge on any atom is -0.354 e. The van der Waals surface area contributed by atoms with Crippen LogP contribution in [0.3, 0.4) is 0 Å². The van der Waals surface area contributed by atoms with Crippen LogP contribution in [0.25, 0.3) is 5.82 Å². The van der Waals surface area contributed by atoms with E-state index < -0.39 is 10.2 Å². The summed E-state index contributed by atoms with van der Waals surface area (Å²) in [7, 11) is -3.33. The third-order valence-electron chi connectivity index (χ3n) is 5.15. The Hall–Kier alpha value is -2.04. The lowest BCUT2D eigenvalue weighted by atomic mass is 10.3. The Morgan fingerprint density at radius 2 is 1.48 bits per heavy atom. The van der Waals surface area contributed by atoms with Crippen LogP contribution in [-0.2, 0) is 10.2 Å². The molecular formula is C17H25N7O2S. The fraction of sp³-hybridized carbons (Fsp3) is 0.588. The molecule has 0 aliphatic carbocycles. The first kappa shape index (κ1) is 18.3. The number of piperazine rings is 1. The second-order valence-electron chi connectivity index (χ2n) is 7.07. The van der Waals surface area contributed by atoms with Crippen molar-refractivity contribution in [3.8, 4) is 5.82 Å². The molecule has 0 saturated carbocycles. The first-order valence-corrected chi connectivity index (χ1v) is 10.7. The maximum absolute atomic E-state index is 12.7. The van der Waals surface area contributed by atoms with Gasteiger partial charge in [-0.25, -0.2) is 14.6 Å². The van der Waals surface area contributed by atoms with Crippen LogP contribution in [0.1, 0.15) is 24.2 Å². The highest BCUT2D eigenvalue weighted by Crippen LogP contribution is 2.21. The van der Waals surface area contributed by atoms with Gasteiger partial charge in [-0.05, 0) is 32.8 Å². The van der Waals surface area contributed by atoms with Crippen molar-refractivity contribution in [2.45, 2.75) is 26.7 Å². The third kappa shape index (κ3) is 3.56. The van der Waals surface area contributed by atoms with Crippen LogP contribution in [0.5, 0.6) is 0 Å². The summed E-state index contributed by atoms with van der Waals surface area (Å²) in [4.78, 5) is 10.8. The Labute approximate surface area is 159 Å². The number of nitrogens with zero attached hydrogens (tertiary/aromatic N) is 7. The molecule has 2 aromatic rings. The molecule has 2 aromatic heterocycles. The summed E-state index contributed by atoms with van der Waals surface area (Å²) < 4.78 is 30.4. The predicted molar refractivity (Wildman–Crippen MR) is 102 cm³/mol. The van der Waals surface area contributed by atoms with E-state index in [0.717, 1.165) is 35.9 Å². The van der Waals surface area contributed by atoms with Gasteiger partial charge in [0, 0.05) is 51.0 Å². The summed E-state index contributed by atoms with van der Waals surface area (Å²) in [5.41, 5.74) is 1.95. The molecule has 0 aromatic carbocycles. The first-order valence-electron chi connectivity index (χ1n) is 9.31. The van der Waals surface area contributed by atoms with E-state index in [0.29, 0.717) is 39.3 Å². The van der Waals surface area contributed by atoms with Gasteiger partial charge in [-0.15, -0.1) is 0 Å².